The van der Waals surface area contributed by atoms with E-state index in [1.54, 1.807) is 67.1 Å². The van der Waals surface area contributed by atoms with Crippen molar-refractivity contribution in [1.82, 2.24) is 4.57 Å². The molecule has 0 radical (unpaired) electrons. The quantitative estimate of drug-likeness (QED) is 0.370. The van der Waals surface area contributed by atoms with Gasteiger partial charge < -0.3 is 15.2 Å². The lowest BCUT2D eigenvalue weighted by molar-refractivity contribution is -0.113. The number of aromatic nitrogens is 1. The number of benzene rings is 3. The van der Waals surface area contributed by atoms with Gasteiger partial charge in [0.05, 0.1) is 29.0 Å². The number of para-hydroxylation sites is 1. The van der Waals surface area contributed by atoms with E-state index in [4.69, 9.17) is 4.74 Å². The van der Waals surface area contributed by atoms with Crippen LogP contribution in [-0.4, -0.2) is 22.7 Å². The average molecular weight is 576 g/mol. The summed E-state index contributed by atoms with van der Waals surface area (Å²) in [7, 11) is 1.58. The molecule has 3 aromatic carbocycles. The molecule has 1 aliphatic rings. The number of aromatic hydroxyl groups is 1. The Kier molecular flexibility index (Phi) is 6.82. The zero-order valence-corrected chi connectivity index (χ0v) is 22.3. The molecule has 0 fully saturated rings. The highest BCUT2D eigenvalue weighted by Crippen LogP contribution is 2.32. The molecule has 5 rings (SSSR count). The predicted octanol–water partition coefficient (Wildman–Crippen LogP) is 4.35. The number of allylic oxidation sites excluding steroid dienone is 1. The van der Waals surface area contributed by atoms with Crippen LogP contribution in [0.15, 0.2) is 98.3 Å². The summed E-state index contributed by atoms with van der Waals surface area (Å²) < 4.78 is 8.01. The standard InChI is InChI=1S/C28H22BrN3O4S/c1-16-24(26(34)31-20-6-4-3-5-7-20)25(17-8-11-21(36-2)12-9-17)32-27(35)23(37-28(32)30-16)15-18-14-19(29)10-13-22(18)33/h3-15,25,33H,1-2H3,(H,31,34)/b23-15+/t25-/m0/s1. The fraction of sp³-hybridized carbons (Fsp3) is 0.107. The summed E-state index contributed by atoms with van der Waals surface area (Å²) in [6.45, 7) is 1.77. The maximum absolute atomic E-state index is 13.8. The molecule has 186 valence electrons. The van der Waals surface area contributed by atoms with Gasteiger partial charge in [-0.1, -0.05) is 57.6 Å². The number of thiazole rings is 1. The molecule has 1 amide bonds. The Balaban J connectivity index is 1.69. The molecule has 0 unspecified atom stereocenters. The number of nitrogens with one attached hydrogen (secondary N) is 1. The van der Waals surface area contributed by atoms with Gasteiger partial charge in [-0.15, -0.1) is 0 Å². The predicted molar refractivity (Wildman–Crippen MR) is 148 cm³/mol. The van der Waals surface area contributed by atoms with Crippen molar-refractivity contribution >= 4 is 44.9 Å². The van der Waals surface area contributed by atoms with E-state index in [2.05, 4.69) is 26.2 Å². The van der Waals surface area contributed by atoms with Crippen LogP contribution < -0.4 is 24.9 Å². The summed E-state index contributed by atoms with van der Waals surface area (Å²) in [6, 6.07) is 20.7. The van der Waals surface area contributed by atoms with E-state index >= 15 is 0 Å². The number of nitrogens with zero attached hydrogens (tertiary/aromatic N) is 2. The van der Waals surface area contributed by atoms with Gasteiger partial charge in [0.15, 0.2) is 4.80 Å². The van der Waals surface area contributed by atoms with Gasteiger partial charge >= 0.3 is 0 Å². The van der Waals surface area contributed by atoms with Crippen LogP contribution in [0.25, 0.3) is 6.08 Å². The number of amides is 1. The maximum atomic E-state index is 13.8. The number of halogens is 1. The summed E-state index contributed by atoms with van der Waals surface area (Å²) in [6.07, 6.45) is 1.64. The Bertz CT molecular complexity index is 1710. The fourth-order valence-electron chi connectivity index (χ4n) is 4.22. The van der Waals surface area contributed by atoms with Crippen LogP contribution in [0.2, 0.25) is 0 Å². The van der Waals surface area contributed by atoms with Crippen LogP contribution >= 0.6 is 27.3 Å². The number of ether oxygens (including phenoxy) is 1. The SMILES string of the molecule is COc1ccc([C@H]2C(C(=O)Nc3ccccc3)=C(C)N=c3s/c(=C/c4cc(Br)ccc4O)c(=O)n32)cc1. The Morgan fingerprint density at radius 3 is 2.57 bits per heavy atom. The maximum Gasteiger partial charge on any atom is 0.271 e. The van der Waals surface area contributed by atoms with Crippen LogP contribution in [0.4, 0.5) is 5.69 Å². The number of phenols is 1. The van der Waals surface area contributed by atoms with E-state index in [1.807, 2.05) is 30.3 Å². The van der Waals surface area contributed by atoms with Crippen LogP contribution in [0.5, 0.6) is 11.5 Å². The Morgan fingerprint density at radius 2 is 1.86 bits per heavy atom. The lowest BCUT2D eigenvalue weighted by Crippen LogP contribution is -2.40. The number of hydrogen-bond acceptors (Lipinski definition) is 6. The smallest absolute Gasteiger partial charge is 0.271 e. The van der Waals surface area contributed by atoms with Gasteiger partial charge in [0.2, 0.25) is 0 Å². The molecule has 0 saturated heterocycles. The highest BCUT2D eigenvalue weighted by Gasteiger charge is 2.32. The van der Waals surface area contributed by atoms with E-state index in [-0.39, 0.29) is 17.2 Å². The van der Waals surface area contributed by atoms with Crippen molar-refractivity contribution in [3.8, 4) is 11.5 Å². The molecule has 2 N–H and O–H groups in total. The molecule has 0 aliphatic carbocycles. The third kappa shape index (κ3) is 4.87. The van der Waals surface area contributed by atoms with Gasteiger partial charge in [-0.2, -0.15) is 0 Å². The van der Waals surface area contributed by atoms with E-state index in [1.165, 1.54) is 11.3 Å². The monoisotopic (exact) mass is 575 g/mol. The molecule has 1 aromatic heterocycles. The summed E-state index contributed by atoms with van der Waals surface area (Å²) >= 11 is 4.62. The zero-order valence-electron chi connectivity index (χ0n) is 19.9. The van der Waals surface area contributed by atoms with Crippen molar-refractivity contribution in [3.63, 3.8) is 0 Å². The topological polar surface area (TPSA) is 92.9 Å². The molecule has 0 spiro atoms. The minimum absolute atomic E-state index is 0.0554. The lowest BCUT2D eigenvalue weighted by Gasteiger charge is -2.25. The zero-order chi connectivity index (χ0) is 26.1. The lowest BCUT2D eigenvalue weighted by atomic mass is 9.95. The highest BCUT2D eigenvalue weighted by atomic mass is 79.9. The molecule has 0 bridgehead atoms. The fourth-order valence-corrected chi connectivity index (χ4v) is 5.63. The van der Waals surface area contributed by atoms with Crippen molar-refractivity contribution in [2.45, 2.75) is 13.0 Å². The van der Waals surface area contributed by atoms with Gasteiger partial charge in [0.1, 0.15) is 11.5 Å². The average Bonchev–Trinajstić information content (AvgIpc) is 3.20. The van der Waals surface area contributed by atoms with Gasteiger partial charge in [0.25, 0.3) is 11.5 Å². The van der Waals surface area contributed by atoms with E-state index in [0.717, 1.165) is 10.0 Å². The van der Waals surface area contributed by atoms with Gasteiger partial charge in [-0.3, -0.25) is 14.2 Å². The number of phenolic OH excluding ortho intramolecular Hbond substituents is 1. The highest BCUT2D eigenvalue weighted by molar-refractivity contribution is 9.10. The number of carbonyl (C=O) groups excluding carboxylic acids is 1. The number of hydrogen-bond donors (Lipinski definition) is 2. The largest absolute Gasteiger partial charge is 0.507 e. The minimum Gasteiger partial charge on any atom is -0.507 e. The molecule has 4 aromatic rings. The number of carbonyl (C=O) groups is 1. The summed E-state index contributed by atoms with van der Waals surface area (Å²) in [5, 5.41) is 13.2. The Morgan fingerprint density at radius 1 is 1.14 bits per heavy atom. The first-order valence-electron chi connectivity index (χ1n) is 11.4. The van der Waals surface area contributed by atoms with Crippen molar-refractivity contribution in [2.24, 2.45) is 4.99 Å². The van der Waals surface area contributed by atoms with Crippen molar-refractivity contribution in [1.29, 1.82) is 0 Å². The van der Waals surface area contributed by atoms with Gasteiger partial charge in [0, 0.05) is 15.7 Å². The number of fused-ring (bicyclic) bond motifs is 1. The number of rotatable bonds is 5. The van der Waals surface area contributed by atoms with Crippen LogP contribution in [0.1, 0.15) is 24.1 Å². The first kappa shape index (κ1) is 24.7. The second-order valence-electron chi connectivity index (χ2n) is 8.38. The van der Waals surface area contributed by atoms with Crippen LogP contribution in [0, 0.1) is 0 Å². The molecule has 37 heavy (non-hydrogen) atoms. The first-order chi connectivity index (χ1) is 17.9. The van der Waals surface area contributed by atoms with Crippen molar-refractivity contribution < 1.29 is 14.6 Å². The number of methoxy groups -OCH3 is 1. The normalized spacial score (nSPS) is 15.2. The first-order valence-corrected chi connectivity index (χ1v) is 13.0. The second kappa shape index (κ2) is 10.2. The molecule has 7 nitrogen and oxygen atoms in total. The van der Waals surface area contributed by atoms with Crippen LogP contribution in [-0.2, 0) is 4.79 Å². The Hall–Kier alpha value is -3.95. The van der Waals surface area contributed by atoms with E-state index in [9.17, 15) is 14.7 Å². The molecular weight excluding hydrogens is 554 g/mol. The van der Waals surface area contributed by atoms with Crippen LogP contribution in [0.3, 0.4) is 0 Å². The molecule has 0 saturated carbocycles. The number of anilines is 1. The van der Waals surface area contributed by atoms with Crippen molar-refractivity contribution in [2.75, 3.05) is 12.4 Å². The summed E-state index contributed by atoms with van der Waals surface area (Å²) in [5.74, 6) is 0.379. The third-order valence-corrected chi connectivity index (χ3v) is 7.48. The van der Waals surface area contributed by atoms with Crippen molar-refractivity contribution in [3.05, 3.63) is 119 Å². The summed E-state index contributed by atoms with van der Waals surface area (Å²) in [4.78, 5) is 32.5. The minimum atomic E-state index is -0.705. The summed E-state index contributed by atoms with van der Waals surface area (Å²) in [5.41, 5.74) is 2.47. The third-order valence-electron chi connectivity index (χ3n) is 6.01. The van der Waals surface area contributed by atoms with Gasteiger partial charge in [-0.25, -0.2) is 4.99 Å². The Labute approximate surface area is 224 Å². The molecular formula is C28H22BrN3O4S. The molecule has 1 aliphatic heterocycles. The van der Waals surface area contributed by atoms with E-state index < -0.39 is 6.04 Å². The van der Waals surface area contributed by atoms with E-state index in [0.29, 0.717) is 37.6 Å². The molecule has 2 heterocycles. The van der Waals surface area contributed by atoms with Gasteiger partial charge in [-0.05, 0) is 61.0 Å². The molecule has 9 heteroatoms. The second-order valence-corrected chi connectivity index (χ2v) is 10.3. The molecule has 1 atom stereocenters.